The van der Waals surface area contributed by atoms with Crippen LogP contribution in [0.5, 0.6) is 0 Å². The van der Waals surface area contributed by atoms with Crippen LogP contribution in [-0.4, -0.2) is 90.7 Å². The van der Waals surface area contributed by atoms with Crippen molar-refractivity contribution in [3.05, 3.63) is 172 Å². The summed E-state index contributed by atoms with van der Waals surface area (Å²) in [5.74, 6) is 1.83. The van der Waals surface area contributed by atoms with Gasteiger partial charge in [0.1, 0.15) is 29.9 Å². The number of nitrogens with one attached hydrogen (secondary N) is 4. The van der Waals surface area contributed by atoms with Gasteiger partial charge >= 0.3 is 13.3 Å². The topological polar surface area (TPSA) is 280 Å². The molecule has 84 heavy (non-hydrogen) atoms. The van der Waals surface area contributed by atoms with Gasteiger partial charge < -0.3 is 40.9 Å². The molecule has 4 atom stereocenters. The Kier molecular flexibility index (Phi) is 17.1. The number of benzene rings is 5. The van der Waals surface area contributed by atoms with E-state index < -0.39 is 84.5 Å². The van der Waals surface area contributed by atoms with Crippen LogP contribution in [0.15, 0.2) is 121 Å². The van der Waals surface area contributed by atoms with Crippen LogP contribution in [0.1, 0.15) is 130 Å². The van der Waals surface area contributed by atoms with Crippen LogP contribution in [0.3, 0.4) is 0 Å². The minimum Gasteiger partial charge on any atom is -0.370 e. The van der Waals surface area contributed by atoms with Gasteiger partial charge in [-0.3, -0.25) is 53.1 Å². The Hall–Kier alpha value is -8.83. The molecular weight excluding hydrogens is 1100 g/mol. The van der Waals surface area contributed by atoms with Crippen molar-refractivity contribution in [1.82, 2.24) is 30.7 Å². The highest BCUT2D eigenvalue weighted by Gasteiger charge is 2.51. The van der Waals surface area contributed by atoms with Gasteiger partial charge in [0.05, 0.1) is 11.7 Å². The van der Waals surface area contributed by atoms with Gasteiger partial charge in [0.15, 0.2) is 0 Å². The zero-order valence-electron chi connectivity index (χ0n) is 45.5. The van der Waals surface area contributed by atoms with Crippen molar-refractivity contribution in [2.24, 2.45) is 5.73 Å². The number of unbranched alkanes of at least 4 members (excludes halogenated alkanes) is 4. The minimum absolute atomic E-state index is 0.0175. The van der Waals surface area contributed by atoms with Gasteiger partial charge in [-0.15, -0.1) is 0 Å². The number of para-hydroxylation sites is 1. The summed E-state index contributed by atoms with van der Waals surface area (Å²) < 4.78 is 43.8. The number of carbonyl (C=O) groups excluding carboxylic acids is 8. The second-order valence-electron chi connectivity index (χ2n) is 21.5. The molecule has 0 aliphatic carbocycles. The van der Waals surface area contributed by atoms with Crippen molar-refractivity contribution < 1.29 is 61.5 Å². The molecule has 434 valence electrons. The van der Waals surface area contributed by atoms with Gasteiger partial charge in [-0.2, -0.15) is 8.78 Å². The zero-order chi connectivity index (χ0) is 59.5. The maximum absolute atomic E-state index is 15.1. The van der Waals surface area contributed by atoms with E-state index >= 15 is 8.78 Å². The zero-order valence-corrected chi connectivity index (χ0v) is 46.4. The maximum Gasteiger partial charge on any atom is 0.399 e. The Morgan fingerprint density at radius 3 is 2.21 bits per heavy atom. The highest BCUT2D eigenvalue weighted by atomic mass is 31.2. The summed E-state index contributed by atoms with van der Waals surface area (Å²) in [6.07, 6.45) is 3.46. The second kappa shape index (κ2) is 24.6. The number of anilines is 1. The molecular formula is C62H61F2N8O11P. The number of imide groups is 1. The predicted molar refractivity (Wildman–Crippen MR) is 305 cm³/mol. The first-order valence-electron chi connectivity index (χ1n) is 27.8. The third-order valence-electron chi connectivity index (χ3n) is 16.0. The first kappa shape index (κ1) is 58.4. The Labute approximate surface area is 481 Å². The molecule has 1 aromatic heterocycles. The first-order chi connectivity index (χ1) is 40.3. The number of nitrogens with two attached hydrogens (primary N) is 1. The van der Waals surface area contributed by atoms with Crippen molar-refractivity contribution in [3.8, 4) is 11.8 Å². The van der Waals surface area contributed by atoms with Gasteiger partial charge in [-0.1, -0.05) is 116 Å². The van der Waals surface area contributed by atoms with E-state index in [1.807, 2.05) is 78.9 Å². The number of fused-ring (bicyclic) bond motifs is 2. The lowest BCUT2D eigenvalue weighted by Crippen LogP contribution is -2.57. The molecule has 8 amide bonds. The Morgan fingerprint density at radius 1 is 0.810 bits per heavy atom. The standard InChI is InChI=1S/C62H61F2N8O11P/c63-62(64,84(81,82)83)43-25-28-48-42(33-43)35-50(70(48)32-12-4-2-1-3-7-15-37-20-14-23-44-45(37)36-71(60(44)79)49-29-31-53(74)68-57(49)76)58(77)67-47-26-24-40-21-13-22-41-34-51(72(55(40)41)61(47)80)59(78)66-46(27-30-52(65)73)56(75)69-54(38-16-8-5-9-17-38)39-18-10-6-11-19-39/h5-6,8-11,13-14,16-23,25,28,33,35,46-47,49,51,54H,1-4,12,24,26-27,29-32,34,36H2,(H2,65,73)(H,66,78)(H,67,77)(H,69,75)(H,68,74,76)(H2,81,82,83)/t46-,47-,49?,51-/m0/s1. The Balaban J connectivity index is 0.839. The summed E-state index contributed by atoms with van der Waals surface area (Å²) in [6.45, 7) is 0.387. The Bertz CT molecular complexity index is 3690. The quantitative estimate of drug-likeness (QED) is 0.0193. The molecule has 1 unspecified atom stereocenters. The molecule has 19 nitrogen and oxygen atoms in total. The van der Waals surface area contributed by atoms with E-state index in [-0.39, 0.29) is 74.5 Å². The molecule has 4 aliphatic heterocycles. The number of alkyl halides is 2. The van der Waals surface area contributed by atoms with Crippen molar-refractivity contribution in [3.63, 3.8) is 0 Å². The molecule has 0 radical (unpaired) electrons. The number of hydrogen-bond acceptors (Lipinski definition) is 9. The highest BCUT2D eigenvalue weighted by molar-refractivity contribution is 7.52. The number of amides is 8. The van der Waals surface area contributed by atoms with E-state index in [1.165, 1.54) is 21.9 Å². The van der Waals surface area contributed by atoms with Gasteiger partial charge in [-0.05, 0) is 96.7 Å². The molecule has 0 saturated carbocycles. The number of aromatic nitrogens is 1. The molecule has 6 aromatic rings. The fourth-order valence-electron chi connectivity index (χ4n) is 11.7. The lowest BCUT2D eigenvalue weighted by molar-refractivity contribution is -0.137. The van der Waals surface area contributed by atoms with E-state index in [0.717, 1.165) is 28.8 Å². The van der Waals surface area contributed by atoms with Crippen molar-refractivity contribution >= 4 is 71.4 Å². The van der Waals surface area contributed by atoms with Crippen molar-refractivity contribution in [2.75, 3.05) is 4.90 Å². The third kappa shape index (κ3) is 12.1. The molecule has 8 N–H and O–H groups in total. The fraction of sp³-hybridized carbons (Fsp3) is 0.323. The van der Waals surface area contributed by atoms with Crippen LogP contribution in [0.25, 0.3) is 10.9 Å². The SMILES string of the molecule is NC(=O)CC[C@H](NC(=O)[C@@H]1Cc2cccc3c2N1C(=O)[C@@H](NC(=O)c1cc2cc(C(F)(F)P(=O)(O)O)ccc2n1CCCCCCC#Cc1cccc2c1CN(C1CCC(=O)NC1=O)C2=O)CC3)C(=O)NC(c1ccccc1)c1ccccc1. The second-order valence-corrected chi connectivity index (χ2v) is 23.1. The summed E-state index contributed by atoms with van der Waals surface area (Å²) in [5.41, 5.74) is 5.63. The number of nitrogens with zero attached hydrogens (tertiary/aromatic N) is 3. The van der Waals surface area contributed by atoms with E-state index in [9.17, 15) is 52.7 Å². The van der Waals surface area contributed by atoms with Crippen molar-refractivity contribution in [1.29, 1.82) is 0 Å². The maximum atomic E-state index is 15.1. The van der Waals surface area contributed by atoms with Crippen LogP contribution >= 0.6 is 7.60 Å². The molecule has 0 spiro atoms. The number of carbonyl (C=O) groups is 8. The smallest absolute Gasteiger partial charge is 0.370 e. The van der Waals surface area contributed by atoms with Crippen LogP contribution in [0, 0.1) is 11.8 Å². The average Bonchev–Trinajstić information content (AvgIpc) is 2.98. The molecule has 10 rings (SSSR count). The first-order valence-corrected chi connectivity index (χ1v) is 29.5. The van der Waals surface area contributed by atoms with E-state index in [4.69, 9.17) is 5.73 Å². The highest BCUT2D eigenvalue weighted by Crippen LogP contribution is 2.59. The normalized spacial score (nSPS) is 17.9. The van der Waals surface area contributed by atoms with Gasteiger partial charge in [0.25, 0.3) is 11.8 Å². The predicted octanol–water partition coefficient (Wildman–Crippen LogP) is 6.29. The lowest BCUT2D eigenvalue weighted by Gasteiger charge is -2.30. The number of primary amides is 1. The van der Waals surface area contributed by atoms with E-state index in [0.29, 0.717) is 72.0 Å². The third-order valence-corrected chi connectivity index (χ3v) is 17.0. The van der Waals surface area contributed by atoms with Gasteiger partial charge in [-0.25, -0.2) is 0 Å². The van der Waals surface area contributed by atoms with Crippen LogP contribution in [-0.2, 0) is 64.9 Å². The number of halogens is 2. The van der Waals surface area contributed by atoms with E-state index in [1.54, 1.807) is 22.8 Å². The monoisotopic (exact) mass is 1160 g/mol. The lowest BCUT2D eigenvalue weighted by atomic mass is 9.98. The summed E-state index contributed by atoms with van der Waals surface area (Å²) >= 11 is 0. The van der Waals surface area contributed by atoms with Gasteiger partial charge in [0.2, 0.25) is 35.4 Å². The molecule has 5 heterocycles. The molecule has 5 aromatic carbocycles. The molecule has 22 heteroatoms. The number of piperidine rings is 1. The van der Waals surface area contributed by atoms with Crippen molar-refractivity contribution in [2.45, 2.75) is 126 Å². The summed E-state index contributed by atoms with van der Waals surface area (Å²) in [6, 6.07) is 28.4. The minimum atomic E-state index is -5.97. The van der Waals surface area contributed by atoms with Gasteiger partial charge in [0, 0.05) is 66.4 Å². The summed E-state index contributed by atoms with van der Waals surface area (Å²) in [5, 5.41) is 11.1. The molecule has 1 saturated heterocycles. The largest absolute Gasteiger partial charge is 0.399 e. The summed E-state index contributed by atoms with van der Waals surface area (Å²) in [4.78, 5) is 130. The number of aryl methyl sites for hydroxylation is 2. The van der Waals surface area contributed by atoms with E-state index in [2.05, 4.69) is 33.1 Å². The molecule has 0 bridgehead atoms. The summed E-state index contributed by atoms with van der Waals surface area (Å²) in [7, 11) is -5.97. The number of hydrogen-bond donors (Lipinski definition) is 7. The number of rotatable bonds is 20. The Morgan fingerprint density at radius 2 is 1.51 bits per heavy atom. The van der Waals surface area contributed by atoms with Crippen LogP contribution < -0.4 is 31.9 Å². The van der Waals surface area contributed by atoms with Crippen LogP contribution in [0.2, 0.25) is 0 Å². The molecule has 4 aliphatic rings. The average molecular weight is 1160 g/mol. The van der Waals surface area contributed by atoms with Crippen LogP contribution in [0.4, 0.5) is 14.5 Å². The molecule has 1 fully saturated rings. The fourth-order valence-corrected chi connectivity index (χ4v) is 12.2.